The standard InChI is InChI=1S/C10H14BrN3O/c1-4-9-8(6-14(3)13-9)10(15)12-5-7(2)11/h6H,2,4-5H2,1,3H3,(H,12,15). The molecule has 15 heavy (non-hydrogen) atoms. The SMILES string of the molecule is C=C(Br)CNC(=O)c1cn(C)nc1CC. The van der Waals surface area contributed by atoms with Crippen LogP contribution in [0.1, 0.15) is 23.0 Å². The summed E-state index contributed by atoms with van der Waals surface area (Å²) in [5.74, 6) is -0.111. The van der Waals surface area contributed by atoms with Gasteiger partial charge in [0.2, 0.25) is 0 Å². The number of rotatable bonds is 4. The van der Waals surface area contributed by atoms with Gasteiger partial charge >= 0.3 is 0 Å². The average Bonchev–Trinajstić information content (AvgIpc) is 2.56. The highest BCUT2D eigenvalue weighted by Crippen LogP contribution is 2.07. The van der Waals surface area contributed by atoms with Crippen LogP contribution in [0.25, 0.3) is 0 Å². The van der Waals surface area contributed by atoms with Crippen molar-refractivity contribution in [3.8, 4) is 0 Å². The summed E-state index contributed by atoms with van der Waals surface area (Å²) in [7, 11) is 1.80. The Kier molecular flexibility index (Phi) is 4.08. The zero-order valence-electron chi connectivity index (χ0n) is 8.88. The van der Waals surface area contributed by atoms with Crippen molar-refractivity contribution in [1.29, 1.82) is 0 Å². The van der Waals surface area contributed by atoms with Gasteiger partial charge in [-0.1, -0.05) is 29.4 Å². The van der Waals surface area contributed by atoms with E-state index < -0.39 is 0 Å². The Bertz CT molecular complexity index is 384. The summed E-state index contributed by atoms with van der Waals surface area (Å²) in [6, 6.07) is 0. The maximum Gasteiger partial charge on any atom is 0.255 e. The lowest BCUT2D eigenvalue weighted by Crippen LogP contribution is -2.24. The highest BCUT2D eigenvalue weighted by molar-refractivity contribution is 9.11. The number of hydrogen-bond acceptors (Lipinski definition) is 2. The Morgan fingerprint density at radius 1 is 1.73 bits per heavy atom. The Labute approximate surface area is 97.5 Å². The molecule has 0 atom stereocenters. The van der Waals surface area contributed by atoms with E-state index in [1.807, 2.05) is 6.92 Å². The predicted molar refractivity (Wildman–Crippen MR) is 63.0 cm³/mol. The van der Waals surface area contributed by atoms with Gasteiger partial charge in [0.1, 0.15) is 0 Å². The molecule has 0 saturated heterocycles. The molecule has 1 aromatic heterocycles. The fourth-order valence-electron chi connectivity index (χ4n) is 1.26. The van der Waals surface area contributed by atoms with E-state index in [1.54, 1.807) is 17.9 Å². The van der Waals surface area contributed by atoms with Gasteiger partial charge in [-0.15, -0.1) is 0 Å². The number of halogens is 1. The molecule has 0 aliphatic heterocycles. The van der Waals surface area contributed by atoms with E-state index in [0.717, 1.165) is 16.6 Å². The van der Waals surface area contributed by atoms with Crippen molar-refractivity contribution in [3.63, 3.8) is 0 Å². The van der Waals surface area contributed by atoms with Crippen molar-refractivity contribution in [2.45, 2.75) is 13.3 Å². The van der Waals surface area contributed by atoms with Crippen LogP contribution >= 0.6 is 15.9 Å². The Hall–Kier alpha value is -1.10. The number of nitrogens with one attached hydrogen (secondary N) is 1. The molecule has 0 aliphatic carbocycles. The third-order valence-corrected chi connectivity index (χ3v) is 2.21. The van der Waals surface area contributed by atoms with E-state index in [4.69, 9.17) is 0 Å². The molecule has 5 heteroatoms. The van der Waals surface area contributed by atoms with Crippen LogP contribution in [0.15, 0.2) is 17.3 Å². The third-order valence-electron chi connectivity index (χ3n) is 1.93. The first kappa shape index (κ1) is 12.0. The highest BCUT2D eigenvalue weighted by atomic mass is 79.9. The molecule has 4 nitrogen and oxygen atoms in total. The van der Waals surface area contributed by atoms with Crippen LogP contribution in [0.4, 0.5) is 0 Å². The molecular weight excluding hydrogens is 258 g/mol. The van der Waals surface area contributed by atoms with Crippen molar-refractivity contribution >= 4 is 21.8 Å². The normalized spacial score (nSPS) is 10.1. The summed E-state index contributed by atoms with van der Waals surface area (Å²) < 4.78 is 2.40. The minimum absolute atomic E-state index is 0.111. The summed E-state index contributed by atoms with van der Waals surface area (Å²) in [5, 5.41) is 6.95. The van der Waals surface area contributed by atoms with Gasteiger partial charge in [-0.25, -0.2) is 0 Å². The molecule has 1 rings (SSSR count). The van der Waals surface area contributed by atoms with E-state index in [1.165, 1.54) is 0 Å². The molecule has 82 valence electrons. The minimum atomic E-state index is -0.111. The molecule has 0 radical (unpaired) electrons. The number of aromatic nitrogens is 2. The highest BCUT2D eigenvalue weighted by Gasteiger charge is 2.13. The second-order valence-corrected chi connectivity index (χ2v) is 4.34. The van der Waals surface area contributed by atoms with Crippen LogP contribution in [0.2, 0.25) is 0 Å². The predicted octanol–water partition coefficient (Wildman–Crippen LogP) is 1.62. The number of carbonyl (C=O) groups is 1. The average molecular weight is 272 g/mol. The maximum absolute atomic E-state index is 11.7. The first-order chi connectivity index (χ1) is 7.04. The molecule has 0 unspecified atom stereocenters. The second kappa shape index (κ2) is 5.11. The number of nitrogens with zero attached hydrogens (tertiary/aromatic N) is 2. The zero-order chi connectivity index (χ0) is 11.4. The smallest absolute Gasteiger partial charge is 0.255 e. The first-order valence-corrected chi connectivity index (χ1v) is 5.48. The van der Waals surface area contributed by atoms with E-state index in [0.29, 0.717) is 12.1 Å². The molecule has 0 fully saturated rings. The van der Waals surface area contributed by atoms with Crippen molar-refractivity contribution in [2.75, 3.05) is 6.54 Å². The van der Waals surface area contributed by atoms with Gasteiger partial charge in [0.15, 0.2) is 0 Å². The molecule has 1 aromatic rings. The number of amides is 1. The fraction of sp³-hybridized carbons (Fsp3) is 0.400. The van der Waals surface area contributed by atoms with E-state index in [2.05, 4.69) is 32.9 Å². The third kappa shape index (κ3) is 3.20. The van der Waals surface area contributed by atoms with Crippen LogP contribution in [-0.4, -0.2) is 22.2 Å². The molecule has 1 heterocycles. The minimum Gasteiger partial charge on any atom is -0.347 e. The Balaban J connectivity index is 2.76. The van der Waals surface area contributed by atoms with Gasteiger partial charge in [0.05, 0.1) is 11.3 Å². The lowest BCUT2D eigenvalue weighted by molar-refractivity contribution is 0.0957. The summed E-state index contributed by atoms with van der Waals surface area (Å²) in [6.07, 6.45) is 2.48. The summed E-state index contributed by atoms with van der Waals surface area (Å²) in [5.41, 5.74) is 1.45. The topological polar surface area (TPSA) is 46.9 Å². The van der Waals surface area contributed by atoms with Crippen LogP contribution < -0.4 is 5.32 Å². The van der Waals surface area contributed by atoms with E-state index in [9.17, 15) is 4.79 Å². The van der Waals surface area contributed by atoms with Gasteiger partial charge in [-0.2, -0.15) is 5.10 Å². The maximum atomic E-state index is 11.7. The van der Waals surface area contributed by atoms with Crippen molar-refractivity contribution in [1.82, 2.24) is 15.1 Å². The molecule has 0 spiro atoms. The van der Waals surface area contributed by atoms with Gasteiger partial charge < -0.3 is 5.32 Å². The van der Waals surface area contributed by atoms with Crippen LogP contribution in [-0.2, 0) is 13.5 Å². The first-order valence-electron chi connectivity index (χ1n) is 4.68. The number of hydrogen-bond donors (Lipinski definition) is 1. The molecular formula is C10H14BrN3O. The molecule has 0 aromatic carbocycles. The van der Waals surface area contributed by atoms with Crippen LogP contribution in [0.5, 0.6) is 0 Å². The molecule has 0 aliphatic rings. The van der Waals surface area contributed by atoms with E-state index in [-0.39, 0.29) is 5.91 Å². The Morgan fingerprint density at radius 2 is 2.40 bits per heavy atom. The number of carbonyl (C=O) groups excluding carboxylic acids is 1. The van der Waals surface area contributed by atoms with Gasteiger partial charge in [-0.3, -0.25) is 9.48 Å². The van der Waals surface area contributed by atoms with Gasteiger partial charge in [0, 0.05) is 24.3 Å². The summed E-state index contributed by atoms with van der Waals surface area (Å²) in [6.45, 7) is 6.05. The lowest BCUT2D eigenvalue weighted by Gasteiger charge is -2.02. The van der Waals surface area contributed by atoms with Crippen molar-refractivity contribution in [3.05, 3.63) is 28.5 Å². The lowest BCUT2D eigenvalue weighted by atomic mass is 10.2. The van der Waals surface area contributed by atoms with Gasteiger partial charge in [-0.05, 0) is 6.42 Å². The quantitative estimate of drug-likeness (QED) is 0.905. The van der Waals surface area contributed by atoms with Crippen molar-refractivity contribution < 1.29 is 4.79 Å². The zero-order valence-corrected chi connectivity index (χ0v) is 10.5. The molecule has 0 bridgehead atoms. The largest absolute Gasteiger partial charge is 0.347 e. The van der Waals surface area contributed by atoms with Crippen LogP contribution in [0.3, 0.4) is 0 Å². The van der Waals surface area contributed by atoms with Crippen LogP contribution in [0, 0.1) is 0 Å². The second-order valence-electron chi connectivity index (χ2n) is 3.22. The Morgan fingerprint density at radius 3 is 2.93 bits per heavy atom. The van der Waals surface area contributed by atoms with E-state index >= 15 is 0 Å². The van der Waals surface area contributed by atoms with Crippen molar-refractivity contribution in [2.24, 2.45) is 7.05 Å². The molecule has 1 N–H and O–H groups in total. The molecule has 0 saturated carbocycles. The number of aryl methyl sites for hydroxylation is 2. The monoisotopic (exact) mass is 271 g/mol. The molecule has 1 amide bonds. The fourth-order valence-corrected chi connectivity index (χ4v) is 1.40. The summed E-state index contributed by atoms with van der Waals surface area (Å²) in [4.78, 5) is 11.7. The summed E-state index contributed by atoms with van der Waals surface area (Å²) >= 11 is 3.19. The van der Waals surface area contributed by atoms with Gasteiger partial charge in [0.25, 0.3) is 5.91 Å².